The fourth-order valence-corrected chi connectivity index (χ4v) is 5.31. The van der Waals surface area contributed by atoms with E-state index in [1.807, 2.05) is 0 Å². The first kappa shape index (κ1) is 10.5. The largest absolute Gasteiger partial charge is 0.298 e. The fraction of sp³-hybridized carbons (Fsp3) is 0.833. The van der Waals surface area contributed by atoms with E-state index in [0.29, 0.717) is 0 Å². The van der Waals surface area contributed by atoms with Crippen LogP contribution >= 0.6 is 23.5 Å². The molecule has 3 rings (SSSR count). The summed E-state index contributed by atoms with van der Waals surface area (Å²) in [5.74, 6) is 3.57. The maximum absolute atomic E-state index is 2.77. The van der Waals surface area contributed by atoms with Crippen molar-refractivity contribution in [2.75, 3.05) is 24.6 Å². The molecule has 2 fully saturated rings. The van der Waals surface area contributed by atoms with Crippen LogP contribution in [-0.4, -0.2) is 40.8 Å². The molecule has 3 aliphatic rings. The highest BCUT2D eigenvalue weighted by Crippen LogP contribution is 2.42. The summed E-state index contributed by atoms with van der Waals surface area (Å²) in [6, 6.07) is 0.871. The van der Waals surface area contributed by atoms with Gasteiger partial charge in [0.1, 0.15) is 0 Å². The van der Waals surface area contributed by atoms with E-state index in [9.17, 15) is 0 Å². The molecule has 3 heteroatoms. The maximum Gasteiger partial charge on any atom is 0.0170 e. The lowest BCUT2D eigenvalue weighted by molar-refractivity contribution is 0.141. The van der Waals surface area contributed by atoms with Gasteiger partial charge in [0.05, 0.1) is 0 Å². The molecule has 1 aliphatic carbocycles. The van der Waals surface area contributed by atoms with Crippen molar-refractivity contribution in [1.29, 1.82) is 0 Å². The van der Waals surface area contributed by atoms with Crippen molar-refractivity contribution in [3.63, 3.8) is 0 Å². The van der Waals surface area contributed by atoms with Crippen LogP contribution in [0.3, 0.4) is 0 Å². The summed E-state index contributed by atoms with van der Waals surface area (Å²) in [7, 11) is 0. The van der Waals surface area contributed by atoms with Crippen molar-refractivity contribution < 1.29 is 0 Å². The Balaban J connectivity index is 1.70. The van der Waals surface area contributed by atoms with Gasteiger partial charge in [0.25, 0.3) is 0 Å². The van der Waals surface area contributed by atoms with Crippen LogP contribution in [0.15, 0.2) is 11.5 Å². The summed E-state index contributed by atoms with van der Waals surface area (Å²) in [4.78, 5) is 2.77. The van der Waals surface area contributed by atoms with Gasteiger partial charge >= 0.3 is 0 Å². The van der Waals surface area contributed by atoms with Gasteiger partial charge in [-0.1, -0.05) is 12.5 Å². The zero-order valence-corrected chi connectivity index (χ0v) is 10.7. The second kappa shape index (κ2) is 4.72. The highest BCUT2D eigenvalue weighted by Gasteiger charge is 2.37. The lowest BCUT2D eigenvalue weighted by Gasteiger charge is -2.42. The summed E-state index contributed by atoms with van der Waals surface area (Å²) in [5, 5.41) is 3.27. The van der Waals surface area contributed by atoms with Gasteiger partial charge in [-0.25, -0.2) is 0 Å². The molecule has 0 aromatic carbocycles. The average Bonchev–Trinajstić information content (AvgIpc) is 2.78. The summed E-state index contributed by atoms with van der Waals surface area (Å²) in [5.41, 5.74) is 0. The number of thioether (sulfide) groups is 2. The van der Waals surface area contributed by atoms with Gasteiger partial charge in [-0.05, 0) is 18.2 Å². The van der Waals surface area contributed by atoms with Crippen LogP contribution in [0.4, 0.5) is 0 Å². The standard InChI is InChI=1S/C12H19NS2/c1-2-11(13-5-8-14-9-6-13)10-4-7-15-12(10)3-1/h4,7,10-12H,1-3,5-6,8-9H2. The third-order valence-electron chi connectivity index (χ3n) is 3.93. The van der Waals surface area contributed by atoms with Crippen LogP contribution in [0, 0.1) is 5.92 Å². The van der Waals surface area contributed by atoms with E-state index in [2.05, 4.69) is 39.9 Å². The fourth-order valence-electron chi connectivity index (χ4n) is 3.14. The molecule has 3 unspecified atom stereocenters. The highest BCUT2D eigenvalue weighted by molar-refractivity contribution is 8.03. The molecule has 1 saturated heterocycles. The number of hydrogen-bond acceptors (Lipinski definition) is 3. The first-order chi connectivity index (χ1) is 7.45. The second-order valence-electron chi connectivity index (χ2n) is 4.73. The Hall–Kier alpha value is 0.400. The Morgan fingerprint density at radius 1 is 1.13 bits per heavy atom. The summed E-state index contributed by atoms with van der Waals surface area (Å²) in [6.07, 6.45) is 6.82. The number of fused-ring (bicyclic) bond motifs is 1. The molecule has 0 N–H and O–H groups in total. The van der Waals surface area contributed by atoms with Crippen LogP contribution < -0.4 is 0 Å². The second-order valence-corrected chi connectivity index (χ2v) is 7.10. The molecule has 0 aromatic rings. The van der Waals surface area contributed by atoms with E-state index in [0.717, 1.165) is 17.2 Å². The molecule has 0 amide bonds. The van der Waals surface area contributed by atoms with Crippen LogP contribution in [0.1, 0.15) is 19.3 Å². The molecule has 84 valence electrons. The van der Waals surface area contributed by atoms with E-state index in [1.165, 1.54) is 43.9 Å². The molecule has 3 atom stereocenters. The minimum Gasteiger partial charge on any atom is -0.298 e. The van der Waals surface area contributed by atoms with Gasteiger partial charge in [0, 0.05) is 41.8 Å². The number of nitrogens with zero attached hydrogens (tertiary/aromatic N) is 1. The zero-order valence-electron chi connectivity index (χ0n) is 9.10. The molecule has 1 saturated carbocycles. The summed E-state index contributed by atoms with van der Waals surface area (Å²) < 4.78 is 0. The zero-order chi connectivity index (χ0) is 10.1. The number of rotatable bonds is 1. The van der Waals surface area contributed by atoms with E-state index in [-0.39, 0.29) is 0 Å². The highest BCUT2D eigenvalue weighted by atomic mass is 32.2. The molecular formula is C12H19NS2. The van der Waals surface area contributed by atoms with Crippen molar-refractivity contribution in [2.45, 2.75) is 30.6 Å². The molecular weight excluding hydrogens is 222 g/mol. The van der Waals surface area contributed by atoms with Crippen LogP contribution in [0.5, 0.6) is 0 Å². The van der Waals surface area contributed by atoms with Crippen LogP contribution in [-0.2, 0) is 0 Å². The molecule has 0 radical (unpaired) electrons. The van der Waals surface area contributed by atoms with Gasteiger partial charge in [-0.15, -0.1) is 11.8 Å². The van der Waals surface area contributed by atoms with Crippen LogP contribution in [0.2, 0.25) is 0 Å². The van der Waals surface area contributed by atoms with Gasteiger partial charge in [0.2, 0.25) is 0 Å². The number of hydrogen-bond donors (Lipinski definition) is 0. The van der Waals surface area contributed by atoms with Crippen molar-refractivity contribution in [3.05, 3.63) is 11.5 Å². The third kappa shape index (κ3) is 2.11. The molecule has 0 aromatic heterocycles. The first-order valence-electron chi connectivity index (χ1n) is 6.09. The molecule has 1 nitrogen and oxygen atoms in total. The van der Waals surface area contributed by atoms with E-state index < -0.39 is 0 Å². The summed E-state index contributed by atoms with van der Waals surface area (Å²) >= 11 is 4.20. The minimum atomic E-state index is 0.867. The van der Waals surface area contributed by atoms with Crippen molar-refractivity contribution in [2.24, 2.45) is 5.92 Å². The van der Waals surface area contributed by atoms with Crippen molar-refractivity contribution >= 4 is 23.5 Å². The Labute approximate surface area is 101 Å². The SMILES string of the molecule is C1=CC2C(CCCC2N2CCSCC2)S1. The smallest absolute Gasteiger partial charge is 0.0170 e. The Morgan fingerprint density at radius 2 is 2.00 bits per heavy atom. The molecule has 0 bridgehead atoms. The molecule has 15 heavy (non-hydrogen) atoms. The normalized spacial score (nSPS) is 41.7. The Kier molecular flexibility index (Phi) is 3.32. The van der Waals surface area contributed by atoms with E-state index in [4.69, 9.17) is 0 Å². The molecule has 2 heterocycles. The quantitative estimate of drug-likeness (QED) is 0.695. The average molecular weight is 241 g/mol. The molecule has 2 aliphatic heterocycles. The minimum absolute atomic E-state index is 0.867. The van der Waals surface area contributed by atoms with E-state index in [1.54, 1.807) is 0 Å². The van der Waals surface area contributed by atoms with Crippen molar-refractivity contribution in [3.8, 4) is 0 Å². The van der Waals surface area contributed by atoms with Crippen molar-refractivity contribution in [1.82, 2.24) is 4.90 Å². The Bertz CT molecular complexity index is 248. The predicted octanol–water partition coefficient (Wildman–Crippen LogP) is 2.83. The predicted molar refractivity (Wildman–Crippen MR) is 70.5 cm³/mol. The van der Waals surface area contributed by atoms with Crippen LogP contribution in [0.25, 0.3) is 0 Å². The monoisotopic (exact) mass is 241 g/mol. The topological polar surface area (TPSA) is 3.24 Å². The van der Waals surface area contributed by atoms with Gasteiger partial charge < -0.3 is 0 Å². The molecule has 0 spiro atoms. The van der Waals surface area contributed by atoms with Gasteiger partial charge in [-0.3, -0.25) is 4.90 Å². The maximum atomic E-state index is 2.77. The first-order valence-corrected chi connectivity index (χ1v) is 8.19. The van der Waals surface area contributed by atoms with Gasteiger partial charge in [-0.2, -0.15) is 11.8 Å². The van der Waals surface area contributed by atoms with Gasteiger partial charge in [0.15, 0.2) is 0 Å². The van der Waals surface area contributed by atoms with E-state index >= 15 is 0 Å². The lowest BCUT2D eigenvalue weighted by Crippen LogP contribution is -2.48. The third-order valence-corrected chi connectivity index (χ3v) is 6.09. The summed E-state index contributed by atoms with van der Waals surface area (Å²) in [6.45, 7) is 2.66. The Morgan fingerprint density at radius 3 is 2.87 bits per heavy atom. The lowest BCUT2D eigenvalue weighted by atomic mass is 9.83.